The summed E-state index contributed by atoms with van der Waals surface area (Å²) >= 11 is 0. The molecule has 0 spiro atoms. The molecule has 0 amide bonds. The van der Waals surface area contributed by atoms with Gasteiger partial charge in [-0.15, -0.1) is 0 Å². The number of aromatic nitrogens is 1. The van der Waals surface area contributed by atoms with Gasteiger partial charge in [-0.05, 0) is 49.5 Å². The fraction of sp³-hybridized carbons (Fsp3) is 0.364. The summed E-state index contributed by atoms with van der Waals surface area (Å²) in [5.74, 6) is 3.16. The van der Waals surface area contributed by atoms with Crippen molar-refractivity contribution in [3.63, 3.8) is 0 Å². The lowest BCUT2D eigenvalue weighted by molar-refractivity contribution is 0.390. The summed E-state index contributed by atoms with van der Waals surface area (Å²) < 4.78 is 5.29. The van der Waals surface area contributed by atoms with E-state index in [-0.39, 0.29) is 0 Å². The van der Waals surface area contributed by atoms with Crippen molar-refractivity contribution in [2.24, 2.45) is 10.9 Å². The topological polar surface area (TPSA) is 82.6 Å². The maximum Gasteiger partial charge on any atom is 0.133 e. The van der Waals surface area contributed by atoms with Crippen molar-refractivity contribution in [3.05, 3.63) is 48.5 Å². The largest absolute Gasteiger partial charge is 0.497 e. The molecule has 4 rings (SSSR count). The van der Waals surface area contributed by atoms with Gasteiger partial charge in [-0.1, -0.05) is 12.1 Å². The van der Waals surface area contributed by atoms with Crippen LogP contribution in [0.4, 0.5) is 11.5 Å². The van der Waals surface area contributed by atoms with Crippen LogP contribution in [0.25, 0.3) is 11.1 Å². The van der Waals surface area contributed by atoms with E-state index >= 15 is 0 Å². The van der Waals surface area contributed by atoms with Crippen LogP contribution < -0.4 is 26.0 Å². The number of hydrogen-bond donors (Lipinski definition) is 4. The molecule has 7 heteroatoms. The highest BCUT2D eigenvalue weighted by Gasteiger charge is 2.15. The fourth-order valence-corrected chi connectivity index (χ4v) is 3.61. The van der Waals surface area contributed by atoms with Gasteiger partial charge >= 0.3 is 0 Å². The van der Waals surface area contributed by atoms with Crippen LogP contribution in [-0.2, 0) is 0 Å². The summed E-state index contributed by atoms with van der Waals surface area (Å²) in [4.78, 5) is 8.80. The fourth-order valence-electron chi connectivity index (χ4n) is 3.61. The van der Waals surface area contributed by atoms with Gasteiger partial charge in [0, 0.05) is 36.3 Å². The van der Waals surface area contributed by atoms with Crippen molar-refractivity contribution in [3.8, 4) is 16.9 Å². The Morgan fingerprint density at radius 3 is 2.72 bits per heavy atom. The van der Waals surface area contributed by atoms with E-state index < -0.39 is 0 Å². The highest BCUT2D eigenvalue weighted by atomic mass is 16.5. The number of nitrogens with one attached hydrogen (secondary N) is 4. The molecular formula is C22H28N6O. The zero-order chi connectivity index (χ0) is 19.9. The first-order chi connectivity index (χ1) is 14.3. The molecule has 0 atom stereocenters. The lowest BCUT2D eigenvalue weighted by atomic mass is 9.97. The summed E-state index contributed by atoms with van der Waals surface area (Å²) in [5.41, 5.74) is 3.26. The van der Waals surface area contributed by atoms with Gasteiger partial charge in [0.1, 0.15) is 17.4 Å². The van der Waals surface area contributed by atoms with Crippen LogP contribution in [0, 0.1) is 5.92 Å². The minimum atomic E-state index is 0.682. The van der Waals surface area contributed by atoms with Crippen molar-refractivity contribution in [2.45, 2.75) is 12.8 Å². The molecule has 2 aliphatic heterocycles. The Morgan fingerprint density at radius 1 is 1.17 bits per heavy atom. The van der Waals surface area contributed by atoms with E-state index in [9.17, 15) is 0 Å². The smallest absolute Gasteiger partial charge is 0.133 e. The molecule has 1 fully saturated rings. The predicted molar refractivity (Wildman–Crippen MR) is 119 cm³/mol. The Balaban J connectivity index is 1.57. The maximum atomic E-state index is 5.29. The van der Waals surface area contributed by atoms with Crippen molar-refractivity contribution < 1.29 is 4.74 Å². The zero-order valence-corrected chi connectivity index (χ0v) is 16.7. The van der Waals surface area contributed by atoms with Gasteiger partial charge in [0.25, 0.3) is 0 Å². The Hall–Kier alpha value is -3.06. The molecule has 4 N–H and O–H groups in total. The van der Waals surface area contributed by atoms with Gasteiger partial charge in [0.2, 0.25) is 0 Å². The van der Waals surface area contributed by atoms with E-state index in [0.29, 0.717) is 12.5 Å². The zero-order valence-electron chi connectivity index (χ0n) is 16.7. The number of piperidine rings is 1. The number of pyridine rings is 1. The van der Waals surface area contributed by atoms with E-state index in [2.05, 4.69) is 49.4 Å². The van der Waals surface area contributed by atoms with Crippen LogP contribution in [-0.4, -0.2) is 44.5 Å². The van der Waals surface area contributed by atoms with Crippen LogP contribution in [0.2, 0.25) is 0 Å². The molecule has 2 aromatic rings. The molecule has 29 heavy (non-hydrogen) atoms. The average molecular weight is 393 g/mol. The van der Waals surface area contributed by atoms with Crippen LogP contribution in [0.1, 0.15) is 12.8 Å². The molecule has 3 heterocycles. The van der Waals surface area contributed by atoms with Crippen molar-refractivity contribution in [1.82, 2.24) is 15.6 Å². The second-order valence-electron chi connectivity index (χ2n) is 7.30. The van der Waals surface area contributed by atoms with E-state index in [0.717, 1.165) is 53.8 Å². The predicted octanol–water partition coefficient (Wildman–Crippen LogP) is 3.05. The summed E-state index contributed by atoms with van der Waals surface area (Å²) in [7, 11) is 1.68. The standard InChI is InChI=1S/C22H28N6O/c1-29-18-4-2-17(3-5-18)19-14-27-21(28-22-15-24-10-11-25-22)12-20(19)26-13-16-6-8-23-9-7-16/h2-5,10,12,14-16,23,25H,6-9,11,13H2,1H3,(H2,26,27,28). The summed E-state index contributed by atoms with van der Waals surface area (Å²) in [6.45, 7) is 3.87. The lowest BCUT2D eigenvalue weighted by Crippen LogP contribution is -2.31. The van der Waals surface area contributed by atoms with Crippen molar-refractivity contribution in [1.29, 1.82) is 0 Å². The Morgan fingerprint density at radius 2 is 2.00 bits per heavy atom. The van der Waals surface area contributed by atoms with Crippen LogP contribution in [0.15, 0.2) is 53.5 Å². The third-order valence-electron chi connectivity index (χ3n) is 5.30. The van der Waals surface area contributed by atoms with E-state index in [1.165, 1.54) is 12.8 Å². The molecular weight excluding hydrogens is 364 g/mol. The SMILES string of the molecule is COc1ccc(-c2cnc(NC3=CN=CCN3)cc2NCC2CCNCC2)cc1. The molecule has 7 nitrogen and oxygen atoms in total. The van der Waals surface area contributed by atoms with Gasteiger partial charge in [-0.2, -0.15) is 0 Å². The third-order valence-corrected chi connectivity index (χ3v) is 5.30. The van der Waals surface area contributed by atoms with Gasteiger partial charge in [0.05, 0.1) is 19.9 Å². The van der Waals surface area contributed by atoms with Crippen molar-refractivity contribution >= 4 is 17.7 Å². The molecule has 0 bridgehead atoms. The number of rotatable bonds is 7. The van der Waals surface area contributed by atoms with Gasteiger partial charge in [-0.3, -0.25) is 4.99 Å². The summed E-state index contributed by atoms with van der Waals surface area (Å²) in [6.07, 6.45) is 7.93. The first-order valence-corrected chi connectivity index (χ1v) is 10.1. The van der Waals surface area contributed by atoms with E-state index in [1.807, 2.05) is 24.5 Å². The minimum absolute atomic E-state index is 0.682. The number of nitrogens with zero attached hydrogens (tertiary/aromatic N) is 2. The monoisotopic (exact) mass is 392 g/mol. The third kappa shape index (κ3) is 5.06. The highest BCUT2D eigenvalue weighted by Crippen LogP contribution is 2.31. The van der Waals surface area contributed by atoms with Crippen LogP contribution in [0.5, 0.6) is 5.75 Å². The number of methoxy groups -OCH3 is 1. The summed E-state index contributed by atoms with van der Waals surface area (Å²) in [5, 5.41) is 13.7. The van der Waals surface area contributed by atoms with Gasteiger partial charge in [0.15, 0.2) is 0 Å². The molecule has 1 saturated heterocycles. The van der Waals surface area contributed by atoms with Crippen LogP contribution in [0.3, 0.4) is 0 Å². The van der Waals surface area contributed by atoms with E-state index in [4.69, 9.17) is 4.74 Å². The van der Waals surface area contributed by atoms with Gasteiger partial charge in [-0.25, -0.2) is 4.98 Å². The average Bonchev–Trinajstić information content (AvgIpc) is 2.79. The quantitative estimate of drug-likeness (QED) is 0.580. The highest BCUT2D eigenvalue weighted by molar-refractivity contribution is 5.79. The van der Waals surface area contributed by atoms with E-state index in [1.54, 1.807) is 13.3 Å². The molecule has 2 aliphatic rings. The first kappa shape index (κ1) is 19.3. The normalized spacial score (nSPS) is 16.7. The number of ether oxygens (including phenoxy) is 1. The molecule has 0 saturated carbocycles. The molecule has 152 valence electrons. The molecule has 0 radical (unpaired) electrons. The number of benzene rings is 1. The molecule has 0 aliphatic carbocycles. The van der Waals surface area contributed by atoms with Crippen molar-refractivity contribution in [2.75, 3.05) is 43.9 Å². The maximum absolute atomic E-state index is 5.29. The molecule has 0 unspecified atom stereocenters. The molecule has 1 aromatic heterocycles. The first-order valence-electron chi connectivity index (χ1n) is 10.1. The Labute approximate surface area is 171 Å². The number of anilines is 2. The molecule has 1 aromatic carbocycles. The second kappa shape index (κ2) is 9.43. The number of aliphatic imine (C=N–C) groups is 1. The van der Waals surface area contributed by atoms with Gasteiger partial charge < -0.3 is 26.0 Å². The Kier molecular flexibility index (Phi) is 6.26. The van der Waals surface area contributed by atoms with Crippen LogP contribution >= 0.6 is 0 Å². The summed E-state index contributed by atoms with van der Waals surface area (Å²) in [6, 6.07) is 10.2. The lowest BCUT2D eigenvalue weighted by Gasteiger charge is -2.24. The Bertz CT molecular complexity index is 871. The second-order valence-corrected chi connectivity index (χ2v) is 7.30. The number of hydrogen-bond acceptors (Lipinski definition) is 7. The minimum Gasteiger partial charge on any atom is -0.497 e.